The normalized spacial score (nSPS) is 15.2. The SMILES string of the molecule is COc1cccc(-c2nnc(NSC(C)C(c3ncc(C)cn3)N3CC(OC)C3)n2-c2c(OC)cccc2OC)n1. The lowest BCUT2D eigenvalue weighted by molar-refractivity contribution is -0.0526. The van der Waals surface area contributed by atoms with Gasteiger partial charge in [0, 0.05) is 43.9 Å². The molecule has 0 spiro atoms. The van der Waals surface area contributed by atoms with Crippen LogP contribution in [0.5, 0.6) is 17.4 Å². The standard InChI is InChI=1S/C28H34N8O4S/c1-17-13-29-26(30-14-17)24(35-15-19(16-35)37-3)18(2)41-34-28-33-32-27(20-9-7-12-23(31-20)40-6)36(28)25-21(38-4)10-8-11-22(25)39-5/h7-14,18-19,24H,15-16H2,1-6H3,(H,33,34). The van der Waals surface area contributed by atoms with Crippen molar-refractivity contribution in [3.05, 3.63) is 60.2 Å². The summed E-state index contributed by atoms with van der Waals surface area (Å²) in [6.07, 6.45) is 3.91. The Morgan fingerprint density at radius 3 is 2.24 bits per heavy atom. The molecular formula is C28H34N8O4S. The van der Waals surface area contributed by atoms with Gasteiger partial charge in [0.25, 0.3) is 0 Å². The number of likely N-dealkylation sites (tertiary alicyclic amines) is 1. The summed E-state index contributed by atoms with van der Waals surface area (Å²) >= 11 is 1.51. The molecule has 1 aromatic carbocycles. The Kier molecular flexibility index (Phi) is 8.86. The first-order valence-corrected chi connectivity index (χ1v) is 14.0. The van der Waals surface area contributed by atoms with Crippen molar-refractivity contribution in [3.8, 4) is 34.6 Å². The molecule has 1 N–H and O–H groups in total. The van der Waals surface area contributed by atoms with Gasteiger partial charge < -0.3 is 18.9 Å². The zero-order valence-electron chi connectivity index (χ0n) is 23.9. The summed E-state index contributed by atoms with van der Waals surface area (Å²) in [6, 6.07) is 11.0. The van der Waals surface area contributed by atoms with E-state index >= 15 is 0 Å². The Bertz CT molecular complexity index is 1440. The van der Waals surface area contributed by atoms with Gasteiger partial charge in [-0.25, -0.2) is 15.0 Å². The fourth-order valence-electron chi connectivity index (χ4n) is 4.71. The molecule has 1 aliphatic heterocycles. The number of ether oxygens (including phenoxy) is 4. The number of hydrogen-bond acceptors (Lipinski definition) is 12. The second-order valence-corrected chi connectivity index (χ2v) is 10.7. The van der Waals surface area contributed by atoms with E-state index in [2.05, 4.69) is 41.7 Å². The van der Waals surface area contributed by atoms with E-state index in [9.17, 15) is 0 Å². The maximum Gasteiger partial charge on any atom is 0.239 e. The Labute approximate surface area is 243 Å². The maximum absolute atomic E-state index is 5.74. The van der Waals surface area contributed by atoms with Gasteiger partial charge >= 0.3 is 0 Å². The van der Waals surface area contributed by atoms with Crippen LogP contribution in [0.25, 0.3) is 17.2 Å². The van der Waals surface area contributed by atoms with Crippen LogP contribution in [0.2, 0.25) is 0 Å². The number of benzene rings is 1. The van der Waals surface area contributed by atoms with Crippen LogP contribution in [-0.2, 0) is 4.74 Å². The number of hydrogen-bond donors (Lipinski definition) is 1. The van der Waals surface area contributed by atoms with Crippen LogP contribution in [0.1, 0.15) is 24.4 Å². The fourth-order valence-corrected chi connectivity index (χ4v) is 5.56. The van der Waals surface area contributed by atoms with Crippen LogP contribution < -0.4 is 18.9 Å². The van der Waals surface area contributed by atoms with Gasteiger partial charge in [0.15, 0.2) is 5.82 Å². The molecule has 4 aromatic rings. The first-order valence-electron chi connectivity index (χ1n) is 13.1. The lowest BCUT2D eigenvalue weighted by Gasteiger charge is -2.44. The van der Waals surface area contributed by atoms with Crippen LogP contribution in [0.15, 0.2) is 48.8 Å². The highest BCUT2D eigenvalue weighted by Gasteiger charge is 2.38. The van der Waals surface area contributed by atoms with Crippen molar-refractivity contribution in [3.63, 3.8) is 0 Å². The molecule has 12 nitrogen and oxygen atoms in total. The zero-order valence-corrected chi connectivity index (χ0v) is 24.8. The van der Waals surface area contributed by atoms with Crippen molar-refractivity contribution >= 4 is 17.9 Å². The third-order valence-corrected chi connectivity index (χ3v) is 7.83. The molecule has 0 amide bonds. The molecule has 2 atom stereocenters. The number of nitrogens with zero attached hydrogens (tertiary/aromatic N) is 7. The molecule has 2 unspecified atom stereocenters. The van der Waals surface area contributed by atoms with Crippen LogP contribution in [0, 0.1) is 6.92 Å². The molecule has 0 bridgehead atoms. The molecule has 0 saturated carbocycles. The lowest BCUT2D eigenvalue weighted by atomic mass is 10.0. The predicted molar refractivity (Wildman–Crippen MR) is 157 cm³/mol. The van der Waals surface area contributed by atoms with E-state index in [1.54, 1.807) is 34.5 Å². The summed E-state index contributed by atoms with van der Waals surface area (Å²) in [6.45, 7) is 5.74. The van der Waals surface area contributed by atoms with E-state index in [1.807, 2.05) is 54.2 Å². The van der Waals surface area contributed by atoms with Crippen LogP contribution in [0.3, 0.4) is 0 Å². The molecule has 0 radical (unpaired) electrons. The van der Waals surface area contributed by atoms with Gasteiger partial charge in [-0.2, -0.15) is 0 Å². The fraction of sp³-hybridized carbons (Fsp3) is 0.393. The van der Waals surface area contributed by atoms with E-state index in [0.29, 0.717) is 40.5 Å². The first-order chi connectivity index (χ1) is 20.0. The summed E-state index contributed by atoms with van der Waals surface area (Å²) in [7, 11) is 6.55. The van der Waals surface area contributed by atoms with Gasteiger partial charge in [-0.05, 0) is 49.6 Å². The molecule has 4 heterocycles. The van der Waals surface area contributed by atoms with E-state index in [1.165, 1.54) is 11.9 Å². The molecule has 41 heavy (non-hydrogen) atoms. The summed E-state index contributed by atoms with van der Waals surface area (Å²) in [5.41, 5.74) is 2.23. The highest BCUT2D eigenvalue weighted by atomic mass is 32.2. The number of nitrogens with one attached hydrogen (secondary N) is 1. The van der Waals surface area contributed by atoms with Crippen molar-refractivity contribution in [2.24, 2.45) is 0 Å². The van der Waals surface area contributed by atoms with Gasteiger partial charge in [-0.15, -0.1) is 10.2 Å². The first kappa shape index (κ1) is 28.6. The maximum atomic E-state index is 5.74. The summed E-state index contributed by atoms with van der Waals surface area (Å²) in [4.78, 5) is 16.2. The second kappa shape index (κ2) is 12.7. The molecular weight excluding hydrogens is 544 g/mol. The van der Waals surface area contributed by atoms with Crippen LogP contribution in [-0.4, -0.2) is 87.5 Å². The lowest BCUT2D eigenvalue weighted by Crippen LogP contribution is -2.55. The zero-order chi connectivity index (χ0) is 28.9. The highest BCUT2D eigenvalue weighted by molar-refractivity contribution is 8.01. The molecule has 3 aromatic heterocycles. The predicted octanol–water partition coefficient (Wildman–Crippen LogP) is 3.97. The largest absolute Gasteiger partial charge is 0.494 e. The van der Waals surface area contributed by atoms with Crippen molar-refractivity contribution < 1.29 is 18.9 Å². The Morgan fingerprint density at radius 1 is 0.927 bits per heavy atom. The minimum absolute atomic E-state index is 0.0265. The number of methoxy groups -OCH3 is 4. The molecule has 1 saturated heterocycles. The Balaban J connectivity index is 1.51. The Hall–Kier alpha value is -3.94. The average molecular weight is 579 g/mol. The topological polar surface area (TPSA) is 122 Å². The quantitative estimate of drug-likeness (QED) is 0.245. The van der Waals surface area contributed by atoms with Crippen LogP contribution in [0.4, 0.5) is 5.95 Å². The highest BCUT2D eigenvalue weighted by Crippen LogP contribution is 2.39. The Morgan fingerprint density at radius 2 is 1.61 bits per heavy atom. The van der Waals surface area contributed by atoms with Gasteiger partial charge in [0.2, 0.25) is 11.8 Å². The van der Waals surface area contributed by atoms with Gasteiger partial charge in [-0.3, -0.25) is 14.2 Å². The van der Waals surface area contributed by atoms with Crippen molar-refractivity contribution in [1.29, 1.82) is 0 Å². The molecule has 216 valence electrons. The molecule has 13 heteroatoms. The summed E-state index contributed by atoms with van der Waals surface area (Å²) < 4.78 is 27.7. The minimum atomic E-state index is -0.0452. The van der Waals surface area contributed by atoms with Gasteiger partial charge in [0.1, 0.15) is 28.7 Å². The summed E-state index contributed by atoms with van der Waals surface area (Å²) in [5.74, 6) is 3.38. The molecule has 1 fully saturated rings. The third kappa shape index (κ3) is 5.92. The minimum Gasteiger partial charge on any atom is -0.494 e. The third-order valence-electron chi connectivity index (χ3n) is 6.90. The van der Waals surface area contributed by atoms with Gasteiger partial charge in [0.05, 0.1) is 33.5 Å². The van der Waals surface area contributed by atoms with E-state index < -0.39 is 0 Å². The van der Waals surface area contributed by atoms with E-state index in [0.717, 1.165) is 24.5 Å². The number of para-hydroxylation sites is 1. The summed E-state index contributed by atoms with van der Waals surface area (Å²) in [5, 5.41) is 9.07. The molecule has 1 aliphatic rings. The number of anilines is 1. The van der Waals surface area contributed by atoms with E-state index in [4.69, 9.17) is 18.9 Å². The average Bonchev–Trinajstić information content (AvgIpc) is 3.41. The van der Waals surface area contributed by atoms with E-state index in [-0.39, 0.29) is 17.4 Å². The number of rotatable bonds is 12. The molecule has 0 aliphatic carbocycles. The second-order valence-electron chi connectivity index (χ2n) is 9.56. The van der Waals surface area contributed by atoms with Gasteiger partial charge in [-0.1, -0.05) is 12.1 Å². The monoisotopic (exact) mass is 578 g/mol. The van der Waals surface area contributed by atoms with Crippen molar-refractivity contribution in [2.45, 2.75) is 31.2 Å². The smallest absolute Gasteiger partial charge is 0.239 e. The van der Waals surface area contributed by atoms with Crippen LogP contribution >= 0.6 is 11.9 Å². The van der Waals surface area contributed by atoms with Crippen molar-refractivity contribution in [1.82, 2.24) is 34.6 Å². The number of aryl methyl sites for hydroxylation is 1. The number of pyridine rings is 1. The van der Waals surface area contributed by atoms with Crippen molar-refractivity contribution in [2.75, 3.05) is 46.3 Å². The number of aromatic nitrogens is 6. The molecule has 5 rings (SSSR count).